The molecule has 0 saturated heterocycles. The van der Waals surface area contributed by atoms with Crippen LogP contribution >= 0.6 is 0 Å². The summed E-state index contributed by atoms with van der Waals surface area (Å²) < 4.78 is 67.1. The lowest BCUT2D eigenvalue weighted by molar-refractivity contribution is -0.114. The summed E-state index contributed by atoms with van der Waals surface area (Å²) in [5, 5.41) is 2.65. The minimum Gasteiger partial charge on any atom is -0.493 e. The number of aromatic nitrogens is 1. The molecule has 42 heavy (non-hydrogen) atoms. The van der Waals surface area contributed by atoms with E-state index in [0.29, 0.717) is 11.4 Å². The molecule has 0 atom stereocenters. The van der Waals surface area contributed by atoms with Crippen LogP contribution in [0.5, 0.6) is 11.5 Å². The highest BCUT2D eigenvalue weighted by Crippen LogP contribution is 2.33. The monoisotopic (exact) mass is 610 g/mol. The van der Waals surface area contributed by atoms with Gasteiger partial charge in [-0.15, -0.1) is 0 Å². The van der Waals surface area contributed by atoms with Crippen molar-refractivity contribution in [3.05, 3.63) is 96.2 Å². The van der Waals surface area contributed by atoms with Crippen molar-refractivity contribution in [2.45, 2.75) is 23.6 Å². The molecule has 4 rings (SSSR count). The molecule has 0 unspecified atom stereocenters. The average molecular weight is 611 g/mol. The highest BCUT2D eigenvalue weighted by atomic mass is 32.2. The van der Waals surface area contributed by atoms with Crippen molar-refractivity contribution in [3.63, 3.8) is 0 Å². The van der Waals surface area contributed by atoms with Crippen molar-refractivity contribution in [1.82, 2.24) is 4.98 Å². The number of methoxy groups -OCH3 is 2. The largest absolute Gasteiger partial charge is 0.493 e. The summed E-state index contributed by atoms with van der Waals surface area (Å²) in [7, 11) is -5.32. The van der Waals surface area contributed by atoms with Crippen molar-refractivity contribution in [1.29, 1.82) is 0 Å². The van der Waals surface area contributed by atoms with Crippen LogP contribution < -0.4 is 23.8 Å². The minimum absolute atomic E-state index is 0.0426. The summed E-state index contributed by atoms with van der Waals surface area (Å²) in [6.07, 6.45) is 1.46. The van der Waals surface area contributed by atoms with Gasteiger partial charge in [0.1, 0.15) is 12.4 Å². The van der Waals surface area contributed by atoms with E-state index in [9.17, 15) is 21.6 Å². The van der Waals surface area contributed by atoms with Crippen LogP contribution in [0.1, 0.15) is 11.1 Å². The summed E-state index contributed by atoms with van der Waals surface area (Å²) in [5.41, 5.74) is 2.21. The first-order valence-corrected chi connectivity index (χ1v) is 15.5. The maximum absolute atomic E-state index is 13.9. The fourth-order valence-electron chi connectivity index (χ4n) is 4.18. The number of hydrogen-bond acceptors (Lipinski definition) is 8. The normalized spacial score (nSPS) is 11.4. The van der Waals surface area contributed by atoms with E-state index in [4.69, 9.17) is 9.47 Å². The SMILES string of the molecule is COc1ccc(S(=O)(=O)N(CC(=O)Nc2ccc(S(=O)(=O)Nc3ccccn3)cc2)c2cc(C)cc(C)c2)cc1OC. The standard InChI is InChI=1S/C29H30N4O7S2/c1-20-15-21(2)17-23(16-20)33(42(37,38)25-12-13-26(39-3)27(18-25)40-4)19-29(34)31-22-8-10-24(11-9-22)41(35,36)32-28-7-5-6-14-30-28/h5-18H,19H2,1-4H3,(H,30,32)(H,31,34). The summed E-state index contributed by atoms with van der Waals surface area (Å²) >= 11 is 0. The van der Waals surface area contributed by atoms with Crippen molar-refractivity contribution < 1.29 is 31.1 Å². The summed E-state index contributed by atoms with van der Waals surface area (Å²) in [5.74, 6) is 0.0984. The molecule has 0 bridgehead atoms. The lowest BCUT2D eigenvalue weighted by Crippen LogP contribution is -2.38. The van der Waals surface area contributed by atoms with Crippen LogP contribution in [0.15, 0.2) is 94.9 Å². The maximum Gasteiger partial charge on any atom is 0.264 e. The molecule has 3 aromatic carbocycles. The lowest BCUT2D eigenvalue weighted by atomic mass is 10.1. The highest BCUT2D eigenvalue weighted by molar-refractivity contribution is 7.93. The Morgan fingerprint density at radius 2 is 1.45 bits per heavy atom. The van der Waals surface area contributed by atoms with Gasteiger partial charge in [-0.1, -0.05) is 12.1 Å². The number of sulfonamides is 2. The predicted molar refractivity (Wildman–Crippen MR) is 160 cm³/mol. The Morgan fingerprint density at radius 3 is 2.05 bits per heavy atom. The number of aryl methyl sites for hydroxylation is 2. The fourth-order valence-corrected chi connectivity index (χ4v) is 6.61. The number of anilines is 3. The van der Waals surface area contributed by atoms with Crippen molar-refractivity contribution in [2.75, 3.05) is 35.1 Å². The molecule has 0 fully saturated rings. The third-order valence-corrected chi connectivity index (χ3v) is 9.22. The molecule has 0 saturated carbocycles. The van der Waals surface area contributed by atoms with Crippen molar-refractivity contribution >= 4 is 43.1 Å². The number of nitrogens with one attached hydrogen (secondary N) is 2. The van der Waals surface area contributed by atoms with Gasteiger partial charge in [-0.2, -0.15) is 0 Å². The first-order chi connectivity index (χ1) is 19.9. The van der Waals surface area contributed by atoms with Gasteiger partial charge in [0.2, 0.25) is 5.91 Å². The Labute approximate surface area is 245 Å². The van der Waals surface area contributed by atoms with Crippen LogP contribution in [0.2, 0.25) is 0 Å². The van der Waals surface area contributed by atoms with Gasteiger partial charge in [0, 0.05) is 18.0 Å². The number of carbonyl (C=O) groups excluding carboxylic acids is 1. The molecule has 0 radical (unpaired) electrons. The molecule has 2 N–H and O–H groups in total. The molecule has 0 spiro atoms. The van der Waals surface area contributed by atoms with E-state index in [1.165, 1.54) is 68.9 Å². The van der Waals surface area contributed by atoms with Gasteiger partial charge >= 0.3 is 0 Å². The Bertz CT molecular complexity index is 1780. The van der Waals surface area contributed by atoms with Crippen LogP contribution in [0, 0.1) is 13.8 Å². The third-order valence-electron chi connectivity index (χ3n) is 6.08. The van der Waals surface area contributed by atoms with Crippen LogP contribution in [-0.2, 0) is 24.8 Å². The zero-order chi connectivity index (χ0) is 30.5. The molecule has 4 aromatic rings. The summed E-state index contributed by atoms with van der Waals surface area (Å²) in [4.78, 5) is 17.0. The third kappa shape index (κ3) is 6.98. The second-order valence-electron chi connectivity index (χ2n) is 9.27. The molecule has 0 aliphatic rings. The van der Waals surface area contributed by atoms with Crippen LogP contribution in [-0.4, -0.2) is 48.5 Å². The van der Waals surface area contributed by atoms with E-state index in [0.717, 1.165) is 15.4 Å². The van der Waals surface area contributed by atoms with Gasteiger partial charge in [-0.25, -0.2) is 21.8 Å². The molecule has 1 heterocycles. The average Bonchev–Trinajstić information content (AvgIpc) is 2.95. The van der Waals surface area contributed by atoms with Crippen LogP contribution in [0.3, 0.4) is 0 Å². The molecule has 11 nitrogen and oxygen atoms in total. The maximum atomic E-state index is 13.9. The first-order valence-electron chi connectivity index (χ1n) is 12.6. The van der Waals surface area contributed by atoms with E-state index < -0.39 is 32.5 Å². The first kappa shape index (κ1) is 30.3. The number of carbonyl (C=O) groups is 1. The Morgan fingerprint density at radius 1 is 0.810 bits per heavy atom. The number of ether oxygens (including phenoxy) is 2. The van der Waals surface area contributed by atoms with E-state index in [2.05, 4.69) is 15.0 Å². The van der Waals surface area contributed by atoms with E-state index >= 15 is 0 Å². The topological polar surface area (TPSA) is 144 Å². The van der Waals surface area contributed by atoms with E-state index in [1.807, 2.05) is 19.9 Å². The molecule has 220 valence electrons. The molecule has 1 aromatic heterocycles. The molecule has 0 aliphatic carbocycles. The van der Waals surface area contributed by atoms with Crippen molar-refractivity contribution in [2.24, 2.45) is 0 Å². The lowest BCUT2D eigenvalue weighted by Gasteiger charge is -2.25. The highest BCUT2D eigenvalue weighted by Gasteiger charge is 2.29. The smallest absolute Gasteiger partial charge is 0.264 e. The van der Waals surface area contributed by atoms with Crippen molar-refractivity contribution in [3.8, 4) is 11.5 Å². The molecule has 13 heteroatoms. The minimum atomic E-state index is -4.24. The van der Waals surface area contributed by atoms with Gasteiger partial charge < -0.3 is 14.8 Å². The second-order valence-corrected chi connectivity index (χ2v) is 12.8. The number of hydrogen-bond donors (Lipinski definition) is 2. The van der Waals surface area contributed by atoms with E-state index in [-0.39, 0.29) is 27.0 Å². The Kier molecular flexibility index (Phi) is 9.02. The van der Waals surface area contributed by atoms with Gasteiger partial charge in [0.15, 0.2) is 11.5 Å². The predicted octanol–water partition coefficient (Wildman–Crippen LogP) is 4.35. The molecular formula is C29H30N4O7S2. The van der Waals surface area contributed by atoms with Gasteiger partial charge in [0.25, 0.3) is 20.0 Å². The molecular weight excluding hydrogens is 580 g/mol. The molecule has 1 amide bonds. The molecule has 0 aliphatic heterocycles. The number of rotatable bonds is 11. The quantitative estimate of drug-likeness (QED) is 0.255. The van der Waals surface area contributed by atoms with Gasteiger partial charge in [-0.3, -0.25) is 13.8 Å². The summed E-state index contributed by atoms with van der Waals surface area (Å²) in [6.45, 7) is 3.10. The Balaban J connectivity index is 1.60. The number of amides is 1. The van der Waals surface area contributed by atoms with Crippen LogP contribution in [0.25, 0.3) is 0 Å². The number of benzene rings is 3. The van der Waals surface area contributed by atoms with Crippen LogP contribution in [0.4, 0.5) is 17.2 Å². The van der Waals surface area contributed by atoms with Gasteiger partial charge in [0.05, 0.1) is 29.7 Å². The number of nitrogens with zero attached hydrogens (tertiary/aromatic N) is 2. The van der Waals surface area contributed by atoms with Gasteiger partial charge in [-0.05, 0) is 85.6 Å². The Hall–Kier alpha value is -4.62. The fraction of sp³-hybridized carbons (Fsp3) is 0.172. The summed E-state index contributed by atoms with van der Waals surface area (Å²) in [6, 6.07) is 19.7. The second kappa shape index (κ2) is 12.5. The zero-order valence-electron chi connectivity index (χ0n) is 23.4. The number of pyridine rings is 1. The van der Waals surface area contributed by atoms with E-state index in [1.54, 1.807) is 24.3 Å². The zero-order valence-corrected chi connectivity index (χ0v) is 25.0.